The molecule has 2 N–H and O–H groups in total. The smallest absolute Gasteiger partial charge is 0.116 e. The molecule has 2 aliphatic rings. The molecule has 6 rings (SSSR count). The van der Waals surface area contributed by atoms with Gasteiger partial charge in [-0.1, -0.05) is 70.7 Å². The van der Waals surface area contributed by atoms with Gasteiger partial charge >= 0.3 is 0 Å². The van der Waals surface area contributed by atoms with Crippen molar-refractivity contribution in [3.8, 4) is 22.3 Å². The van der Waals surface area contributed by atoms with Crippen molar-refractivity contribution >= 4 is 46.4 Å². The number of hydrogen-bond donors (Lipinski definition) is 2. The van der Waals surface area contributed by atoms with E-state index in [0.29, 0.717) is 42.3 Å². The van der Waals surface area contributed by atoms with Crippen molar-refractivity contribution in [2.75, 3.05) is 0 Å². The maximum Gasteiger partial charge on any atom is 0.116 e. The summed E-state index contributed by atoms with van der Waals surface area (Å²) in [5, 5.41) is 26.4. The van der Waals surface area contributed by atoms with Gasteiger partial charge in [-0.2, -0.15) is 0 Å². The minimum absolute atomic E-state index is 0.224. The van der Waals surface area contributed by atoms with Crippen LogP contribution < -0.4 is 0 Å². The van der Waals surface area contributed by atoms with Crippen LogP contribution in [0.25, 0.3) is 22.3 Å². The van der Waals surface area contributed by atoms with Gasteiger partial charge in [0.25, 0.3) is 0 Å². The first-order valence-corrected chi connectivity index (χ1v) is 12.4. The Labute approximate surface area is 217 Å². The zero-order valence-corrected chi connectivity index (χ0v) is 20.8. The fraction of sp³-hybridized carbons (Fsp3) is 0.143. The van der Waals surface area contributed by atoms with Crippen molar-refractivity contribution in [2.24, 2.45) is 0 Å². The van der Waals surface area contributed by atoms with Crippen molar-refractivity contribution in [1.29, 1.82) is 0 Å². The normalized spacial score (nSPS) is 16.1. The molecular formula is C28H18Cl4O2. The van der Waals surface area contributed by atoms with E-state index in [4.69, 9.17) is 46.4 Å². The quantitative estimate of drug-likeness (QED) is 0.282. The highest BCUT2D eigenvalue weighted by Gasteiger charge is 2.47. The lowest BCUT2D eigenvalue weighted by atomic mass is 9.79. The van der Waals surface area contributed by atoms with Crippen LogP contribution in [0.15, 0.2) is 72.8 Å². The van der Waals surface area contributed by atoms with Gasteiger partial charge < -0.3 is 10.2 Å². The Hall–Kier alpha value is -2.04. The number of benzene rings is 4. The Bertz CT molecular complexity index is 1280. The zero-order chi connectivity index (χ0) is 23.8. The molecule has 0 bridgehead atoms. The molecule has 0 fully saturated rings. The predicted octanol–water partition coefficient (Wildman–Crippen LogP) is 8.21. The molecular weight excluding hydrogens is 510 g/mol. The van der Waals surface area contributed by atoms with Gasteiger partial charge in [-0.25, -0.2) is 0 Å². The lowest BCUT2D eigenvalue weighted by Gasteiger charge is -2.32. The van der Waals surface area contributed by atoms with Gasteiger partial charge in [-0.15, -0.1) is 0 Å². The molecule has 4 aromatic rings. The van der Waals surface area contributed by atoms with Crippen LogP contribution in [-0.2, 0) is 11.2 Å². The third kappa shape index (κ3) is 3.18. The molecule has 0 amide bonds. The molecule has 0 heterocycles. The first-order chi connectivity index (χ1) is 16.2. The Kier molecular flexibility index (Phi) is 5.10. The molecule has 0 unspecified atom stereocenters. The average Bonchev–Trinajstić information content (AvgIpc) is 3.19. The number of fused-ring (bicyclic) bond motifs is 6. The van der Waals surface area contributed by atoms with Gasteiger partial charge in [0.15, 0.2) is 0 Å². The minimum atomic E-state index is -1.38. The second-order valence-corrected chi connectivity index (χ2v) is 10.7. The van der Waals surface area contributed by atoms with Gasteiger partial charge in [0.05, 0.1) is 0 Å². The highest BCUT2D eigenvalue weighted by Crippen LogP contribution is 2.55. The van der Waals surface area contributed by atoms with E-state index in [-0.39, 0.29) is 12.8 Å². The lowest BCUT2D eigenvalue weighted by molar-refractivity contribution is 0.0204. The zero-order valence-electron chi connectivity index (χ0n) is 17.7. The van der Waals surface area contributed by atoms with Crippen LogP contribution in [0.5, 0.6) is 0 Å². The minimum Gasteiger partial charge on any atom is -0.380 e. The highest BCUT2D eigenvalue weighted by atomic mass is 35.5. The summed E-state index contributed by atoms with van der Waals surface area (Å²) in [6.45, 7) is 0. The summed E-state index contributed by atoms with van der Waals surface area (Å²) in [4.78, 5) is 0. The molecule has 0 aromatic heterocycles. The Balaban J connectivity index is 1.49. The molecule has 0 spiro atoms. The van der Waals surface area contributed by atoms with Gasteiger partial charge in [0.2, 0.25) is 0 Å². The molecule has 2 nitrogen and oxygen atoms in total. The summed E-state index contributed by atoms with van der Waals surface area (Å²) >= 11 is 25.3. The van der Waals surface area contributed by atoms with Gasteiger partial charge in [-0.05, 0) is 106 Å². The molecule has 0 radical (unpaired) electrons. The van der Waals surface area contributed by atoms with E-state index in [2.05, 4.69) is 0 Å². The van der Waals surface area contributed by atoms with Gasteiger partial charge in [-0.3, -0.25) is 0 Å². The van der Waals surface area contributed by atoms with E-state index in [1.54, 1.807) is 24.3 Å². The van der Waals surface area contributed by atoms with E-state index in [1.165, 1.54) is 0 Å². The van der Waals surface area contributed by atoms with E-state index < -0.39 is 11.2 Å². The van der Waals surface area contributed by atoms with Crippen LogP contribution in [0, 0.1) is 0 Å². The van der Waals surface area contributed by atoms with Crippen LogP contribution in [0.4, 0.5) is 0 Å². The number of halogens is 4. The topological polar surface area (TPSA) is 40.5 Å². The largest absolute Gasteiger partial charge is 0.380 e. The summed E-state index contributed by atoms with van der Waals surface area (Å²) in [6, 6.07) is 22.1. The van der Waals surface area contributed by atoms with Crippen LogP contribution in [0.3, 0.4) is 0 Å². The molecule has 0 aliphatic heterocycles. The van der Waals surface area contributed by atoms with Gasteiger partial charge in [0, 0.05) is 20.1 Å². The summed E-state index contributed by atoms with van der Waals surface area (Å²) in [5.74, 6) is 0. The first-order valence-electron chi connectivity index (χ1n) is 10.9. The fourth-order valence-corrected chi connectivity index (χ4v) is 6.25. The average molecular weight is 528 g/mol. The van der Waals surface area contributed by atoms with Crippen molar-refractivity contribution < 1.29 is 10.2 Å². The molecule has 170 valence electrons. The first kappa shape index (κ1) is 22.4. The van der Waals surface area contributed by atoms with Crippen LogP contribution in [0.2, 0.25) is 20.1 Å². The standard InChI is InChI=1S/C28H18Cl4O2/c29-15-1-5-19-20-6-2-16(30)12-24(20)27(33,23(19)11-15)9-10-28(34)25-13-17(31)3-7-21(25)22-8-4-18(32)14-26(22)28/h1-8,11-14,33-34H,9-10H2. The maximum atomic E-state index is 12.1. The van der Waals surface area contributed by atoms with Crippen LogP contribution >= 0.6 is 46.4 Å². The van der Waals surface area contributed by atoms with Crippen LogP contribution in [0.1, 0.15) is 35.1 Å². The number of aliphatic hydroxyl groups is 2. The predicted molar refractivity (Wildman–Crippen MR) is 139 cm³/mol. The van der Waals surface area contributed by atoms with E-state index in [0.717, 1.165) is 22.3 Å². The summed E-state index contributed by atoms with van der Waals surface area (Å²) in [5.41, 5.74) is 3.69. The molecule has 34 heavy (non-hydrogen) atoms. The Morgan fingerprint density at radius 1 is 0.441 bits per heavy atom. The number of hydrogen-bond acceptors (Lipinski definition) is 2. The summed E-state index contributed by atoms with van der Waals surface area (Å²) < 4.78 is 0. The van der Waals surface area contributed by atoms with Crippen LogP contribution in [-0.4, -0.2) is 10.2 Å². The fourth-order valence-electron chi connectivity index (χ4n) is 5.56. The third-order valence-electron chi connectivity index (χ3n) is 7.14. The monoisotopic (exact) mass is 526 g/mol. The third-order valence-corrected chi connectivity index (χ3v) is 8.08. The van der Waals surface area contributed by atoms with Crippen molar-refractivity contribution in [2.45, 2.75) is 24.0 Å². The van der Waals surface area contributed by atoms with E-state index in [1.807, 2.05) is 48.5 Å². The van der Waals surface area contributed by atoms with E-state index in [9.17, 15) is 10.2 Å². The van der Waals surface area contributed by atoms with Crippen molar-refractivity contribution in [3.05, 3.63) is 115 Å². The van der Waals surface area contributed by atoms with Crippen molar-refractivity contribution in [1.82, 2.24) is 0 Å². The molecule has 2 aliphatic carbocycles. The SMILES string of the molecule is OC1(CCC2(O)c3cc(Cl)ccc3-c3ccc(Cl)cc32)c2cc(Cl)ccc2-c2ccc(Cl)cc21. The molecule has 6 heteroatoms. The molecule has 4 aromatic carbocycles. The molecule has 0 saturated carbocycles. The second-order valence-electron chi connectivity index (χ2n) is 8.98. The highest BCUT2D eigenvalue weighted by molar-refractivity contribution is 6.32. The molecule has 0 atom stereocenters. The maximum absolute atomic E-state index is 12.1. The van der Waals surface area contributed by atoms with Gasteiger partial charge in [0.1, 0.15) is 11.2 Å². The second kappa shape index (κ2) is 7.73. The number of rotatable bonds is 3. The summed E-state index contributed by atoms with van der Waals surface area (Å²) in [7, 11) is 0. The summed E-state index contributed by atoms with van der Waals surface area (Å²) in [6.07, 6.45) is 0.449. The Morgan fingerprint density at radius 3 is 0.912 bits per heavy atom. The molecule has 0 saturated heterocycles. The lowest BCUT2D eigenvalue weighted by Crippen LogP contribution is -2.31. The Morgan fingerprint density at radius 2 is 0.676 bits per heavy atom. The van der Waals surface area contributed by atoms with E-state index >= 15 is 0 Å². The van der Waals surface area contributed by atoms with Crippen molar-refractivity contribution in [3.63, 3.8) is 0 Å².